The Bertz CT molecular complexity index is 1220. The Morgan fingerprint density at radius 1 is 1.31 bits per heavy atom. The number of likely N-dealkylation sites (tertiary alicyclic amines) is 1. The molecule has 36 heavy (non-hydrogen) atoms. The van der Waals surface area contributed by atoms with Crippen molar-refractivity contribution in [2.45, 2.75) is 36.5 Å². The fraction of sp³-hybridized carbons (Fsp3) is 0.478. The van der Waals surface area contributed by atoms with Crippen molar-refractivity contribution in [3.8, 4) is 11.5 Å². The normalized spacial score (nSPS) is 21.1. The van der Waals surface area contributed by atoms with Crippen molar-refractivity contribution in [2.24, 2.45) is 13.0 Å². The molecule has 3 aromatic rings. The van der Waals surface area contributed by atoms with E-state index in [1.54, 1.807) is 11.6 Å². The number of hydrogen-bond donors (Lipinski definition) is 1. The molecule has 2 aliphatic rings. The first-order chi connectivity index (χ1) is 17.1. The quantitative estimate of drug-likeness (QED) is 0.234. The highest BCUT2D eigenvalue weighted by molar-refractivity contribution is 9.10. The van der Waals surface area contributed by atoms with E-state index in [-0.39, 0.29) is 23.9 Å². The van der Waals surface area contributed by atoms with Crippen LogP contribution in [0.25, 0.3) is 11.5 Å². The first-order valence-corrected chi connectivity index (χ1v) is 13.0. The third-order valence-corrected chi connectivity index (χ3v) is 8.16. The van der Waals surface area contributed by atoms with Crippen LogP contribution in [0.3, 0.4) is 0 Å². The zero-order valence-electron chi connectivity index (χ0n) is 19.6. The van der Waals surface area contributed by atoms with Crippen molar-refractivity contribution >= 4 is 34.2 Å². The Morgan fingerprint density at radius 3 is 2.67 bits per heavy atom. The van der Waals surface area contributed by atoms with Gasteiger partial charge in [0.1, 0.15) is 0 Å². The molecule has 8 nitrogen and oxygen atoms in total. The van der Waals surface area contributed by atoms with Crippen molar-refractivity contribution in [3.63, 3.8) is 0 Å². The molecule has 1 aromatic carbocycles. The van der Waals surface area contributed by atoms with E-state index >= 15 is 0 Å². The highest BCUT2D eigenvalue weighted by atomic mass is 79.9. The zero-order valence-corrected chi connectivity index (χ0v) is 22.0. The van der Waals surface area contributed by atoms with Gasteiger partial charge in [-0.15, -0.1) is 10.2 Å². The summed E-state index contributed by atoms with van der Waals surface area (Å²) in [5.41, 5.74) is 1.43. The Hall–Kier alpha value is -2.38. The Kier molecular flexibility index (Phi) is 7.81. The lowest BCUT2D eigenvalue weighted by atomic mass is 9.95. The lowest BCUT2D eigenvalue weighted by molar-refractivity contribution is -0.152. The number of thioether (sulfide) groups is 1. The third kappa shape index (κ3) is 5.47. The van der Waals surface area contributed by atoms with Gasteiger partial charge in [-0.25, -0.2) is 4.98 Å². The molecule has 0 bridgehead atoms. The number of rotatable bonds is 7. The van der Waals surface area contributed by atoms with Gasteiger partial charge in [0, 0.05) is 42.7 Å². The summed E-state index contributed by atoms with van der Waals surface area (Å²) in [5, 5.41) is 15.5. The molecule has 0 spiro atoms. The number of fused-ring (bicyclic) bond motifs is 1. The molecule has 2 aromatic heterocycles. The summed E-state index contributed by atoms with van der Waals surface area (Å²) >= 11 is 5.00. The van der Waals surface area contributed by atoms with E-state index in [1.165, 1.54) is 30.7 Å². The van der Waals surface area contributed by atoms with E-state index in [4.69, 9.17) is 14.3 Å². The molecular formula is C23H25BrF3N5O3S. The second-order valence-electron chi connectivity index (χ2n) is 8.88. The van der Waals surface area contributed by atoms with Gasteiger partial charge in [-0.05, 0) is 43.0 Å². The van der Waals surface area contributed by atoms with Crippen LogP contribution in [0.5, 0.6) is 0 Å². The molecule has 1 saturated heterocycles. The SMILES string of the molecule is Cc1nc(-c2nnc(SCCCN3C[C@@H]4CC4(c4ccc(Br)cc4)C3)n2C)c(C(F)(F)F)o1.O=CO. The number of oxazole rings is 1. The number of carboxylic acid groups (broad SMARTS) is 1. The first kappa shape index (κ1) is 26.7. The summed E-state index contributed by atoms with van der Waals surface area (Å²) in [4.78, 5) is 14.8. The molecule has 1 N–H and O–H groups in total. The van der Waals surface area contributed by atoms with E-state index in [2.05, 4.69) is 60.3 Å². The van der Waals surface area contributed by atoms with E-state index in [0.29, 0.717) is 10.6 Å². The van der Waals surface area contributed by atoms with Crippen molar-refractivity contribution in [3.05, 3.63) is 46.0 Å². The number of carbonyl (C=O) groups is 1. The summed E-state index contributed by atoms with van der Waals surface area (Å²) in [6, 6.07) is 8.70. The monoisotopic (exact) mass is 587 g/mol. The summed E-state index contributed by atoms with van der Waals surface area (Å²) in [6.45, 7) is 4.34. The van der Waals surface area contributed by atoms with Gasteiger partial charge in [-0.2, -0.15) is 13.2 Å². The highest BCUT2D eigenvalue weighted by Gasteiger charge is 2.60. The number of alkyl halides is 3. The summed E-state index contributed by atoms with van der Waals surface area (Å²) < 4.78 is 47.2. The van der Waals surface area contributed by atoms with E-state index in [0.717, 1.165) is 42.2 Å². The topological polar surface area (TPSA) is 97.3 Å². The minimum Gasteiger partial charge on any atom is -0.483 e. The predicted molar refractivity (Wildman–Crippen MR) is 131 cm³/mol. The van der Waals surface area contributed by atoms with Gasteiger partial charge in [0.05, 0.1) is 0 Å². The predicted octanol–water partition coefficient (Wildman–Crippen LogP) is 5.02. The molecular weight excluding hydrogens is 563 g/mol. The minimum atomic E-state index is -4.64. The molecule has 1 aliphatic heterocycles. The summed E-state index contributed by atoms with van der Waals surface area (Å²) in [7, 11) is 1.65. The maximum absolute atomic E-state index is 13.3. The van der Waals surface area contributed by atoms with Crippen LogP contribution in [0.4, 0.5) is 13.2 Å². The molecule has 1 aliphatic carbocycles. The van der Waals surface area contributed by atoms with Crippen LogP contribution in [-0.4, -0.2) is 61.6 Å². The van der Waals surface area contributed by atoms with Gasteiger partial charge in [0.15, 0.2) is 22.6 Å². The maximum Gasteiger partial charge on any atom is 0.452 e. The van der Waals surface area contributed by atoms with Gasteiger partial charge in [0.25, 0.3) is 6.47 Å². The van der Waals surface area contributed by atoms with Crippen molar-refractivity contribution in [1.29, 1.82) is 0 Å². The molecule has 0 amide bonds. The van der Waals surface area contributed by atoms with Crippen molar-refractivity contribution in [2.75, 3.05) is 25.4 Å². The largest absolute Gasteiger partial charge is 0.483 e. The number of aryl methyl sites for hydroxylation is 1. The fourth-order valence-electron chi connectivity index (χ4n) is 4.86. The first-order valence-electron chi connectivity index (χ1n) is 11.2. The minimum absolute atomic E-state index is 0.0535. The standard InChI is InChI=1S/C22H23BrF3N5OS.CH2O2/c1-13-27-17(18(32-13)22(24,25)26)19-28-29-20(30(19)2)33-9-3-8-31-11-15-10-21(15,12-31)14-4-6-16(23)7-5-14;2-1-3/h4-7,15H,3,8-12H2,1-2H3;1H,(H,2,3)/t15-,21?;/m0./s1. The zero-order chi connectivity index (χ0) is 26.1. The molecule has 2 atom stereocenters. The lowest BCUT2D eigenvalue weighted by Crippen LogP contribution is -2.27. The van der Waals surface area contributed by atoms with E-state index < -0.39 is 11.9 Å². The van der Waals surface area contributed by atoms with E-state index in [9.17, 15) is 13.2 Å². The Balaban J connectivity index is 0.000000967. The molecule has 1 unspecified atom stereocenters. The number of hydrogen-bond acceptors (Lipinski definition) is 7. The van der Waals surface area contributed by atoms with Gasteiger partial charge in [-0.1, -0.05) is 39.8 Å². The summed E-state index contributed by atoms with van der Waals surface area (Å²) in [5.74, 6) is 0.403. The maximum atomic E-state index is 13.3. The van der Waals surface area contributed by atoms with Gasteiger partial charge >= 0.3 is 6.18 Å². The van der Waals surface area contributed by atoms with Crippen LogP contribution in [-0.2, 0) is 23.4 Å². The van der Waals surface area contributed by atoms with Crippen LogP contribution in [0.1, 0.15) is 30.1 Å². The lowest BCUT2D eigenvalue weighted by Gasteiger charge is -2.21. The number of aromatic nitrogens is 4. The van der Waals surface area contributed by atoms with Gasteiger partial charge in [-0.3, -0.25) is 4.79 Å². The van der Waals surface area contributed by atoms with Crippen LogP contribution in [0.2, 0.25) is 0 Å². The average Bonchev–Trinajstić information content (AvgIpc) is 3.10. The second kappa shape index (κ2) is 10.5. The summed E-state index contributed by atoms with van der Waals surface area (Å²) in [6.07, 6.45) is -2.41. The average molecular weight is 588 g/mol. The van der Waals surface area contributed by atoms with Crippen LogP contribution in [0, 0.1) is 12.8 Å². The molecule has 5 rings (SSSR count). The number of nitrogens with zero attached hydrogens (tertiary/aromatic N) is 5. The number of benzene rings is 1. The molecule has 13 heteroatoms. The van der Waals surface area contributed by atoms with Crippen LogP contribution >= 0.6 is 27.7 Å². The molecule has 3 heterocycles. The van der Waals surface area contributed by atoms with Gasteiger partial charge in [0.2, 0.25) is 5.76 Å². The van der Waals surface area contributed by atoms with Crippen LogP contribution in [0.15, 0.2) is 38.3 Å². The second-order valence-corrected chi connectivity index (χ2v) is 10.9. The van der Waals surface area contributed by atoms with Crippen molar-refractivity contribution < 1.29 is 27.5 Å². The molecule has 2 fully saturated rings. The van der Waals surface area contributed by atoms with Crippen molar-refractivity contribution in [1.82, 2.24) is 24.6 Å². The Labute approximate surface area is 218 Å². The Morgan fingerprint density at radius 2 is 2.00 bits per heavy atom. The number of halogens is 4. The fourth-order valence-corrected chi connectivity index (χ4v) is 5.95. The van der Waals surface area contributed by atoms with Gasteiger partial charge < -0.3 is 19.0 Å². The van der Waals surface area contributed by atoms with Crippen LogP contribution < -0.4 is 0 Å². The molecule has 0 radical (unpaired) electrons. The molecule has 194 valence electrons. The smallest absolute Gasteiger partial charge is 0.452 e. The number of piperidine rings is 1. The highest BCUT2D eigenvalue weighted by Crippen LogP contribution is 2.59. The van der Waals surface area contributed by atoms with E-state index in [1.807, 2.05) is 0 Å². The third-order valence-electron chi connectivity index (χ3n) is 6.52. The molecule has 1 saturated carbocycles.